The lowest BCUT2D eigenvalue weighted by Crippen LogP contribution is -2.20. The average molecular weight is 327 g/mol. The minimum absolute atomic E-state index is 0.197. The maximum absolute atomic E-state index is 14.1. The van der Waals surface area contributed by atoms with Crippen LogP contribution in [0.1, 0.15) is 29.3 Å². The highest BCUT2D eigenvalue weighted by molar-refractivity contribution is 5.39. The molecule has 0 aromatic carbocycles. The standard InChI is InChI=1S/C20H22FNO2/c1-14-6-4-3-5-10-22-19-18(14)9-11-24-20(19)15-12-16(21)7-8-17(13-15)23-2/h3-8,10,13,20,22H,9,11-12H2,1-2H3. The van der Waals surface area contributed by atoms with Gasteiger partial charge in [-0.1, -0.05) is 18.2 Å². The van der Waals surface area contributed by atoms with Crippen molar-refractivity contribution < 1.29 is 13.9 Å². The first-order valence-electron chi connectivity index (χ1n) is 8.11. The van der Waals surface area contributed by atoms with Crippen LogP contribution in [-0.2, 0) is 15.9 Å². The van der Waals surface area contributed by atoms with E-state index in [1.54, 1.807) is 13.2 Å². The Morgan fingerprint density at radius 1 is 1.25 bits per heavy atom. The van der Waals surface area contributed by atoms with Crippen molar-refractivity contribution in [3.05, 3.63) is 82.7 Å². The molecular weight excluding hydrogens is 305 g/mol. The van der Waals surface area contributed by atoms with Gasteiger partial charge in [0.15, 0.2) is 0 Å². The topological polar surface area (TPSA) is 34.2 Å². The lowest BCUT2D eigenvalue weighted by atomic mass is 9.94. The minimum Gasteiger partial charge on any atom is -0.497 e. The smallest absolute Gasteiger partial charge is 0.119 e. The van der Waals surface area contributed by atoms with E-state index in [1.165, 1.54) is 17.2 Å². The first-order chi connectivity index (χ1) is 11.7. The van der Waals surface area contributed by atoms with Crippen LogP contribution in [0.2, 0.25) is 0 Å². The van der Waals surface area contributed by atoms with E-state index < -0.39 is 0 Å². The summed E-state index contributed by atoms with van der Waals surface area (Å²) in [4.78, 5) is 3.35. The number of nitrogens with one attached hydrogen (secondary N) is 1. The molecule has 1 aliphatic carbocycles. The summed E-state index contributed by atoms with van der Waals surface area (Å²) in [7, 11) is 1.59. The highest BCUT2D eigenvalue weighted by Gasteiger charge is 2.27. The number of rotatable bonds is 2. The van der Waals surface area contributed by atoms with Gasteiger partial charge in [0.25, 0.3) is 0 Å². The summed E-state index contributed by atoms with van der Waals surface area (Å²) >= 11 is 0. The van der Waals surface area contributed by atoms with Crippen LogP contribution in [0.15, 0.2) is 65.8 Å². The molecule has 0 amide bonds. The second kappa shape index (κ2) is 7.49. The maximum Gasteiger partial charge on any atom is 0.119 e. The fraction of sp³-hybridized carbons (Fsp3) is 0.300. The molecule has 2 heterocycles. The predicted octanol–water partition coefficient (Wildman–Crippen LogP) is 4.78. The first-order valence-corrected chi connectivity index (χ1v) is 8.11. The van der Waals surface area contributed by atoms with Gasteiger partial charge in [0.05, 0.1) is 19.4 Å². The maximum atomic E-state index is 14.1. The zero-order valence-corrected chi connectivity index (χ0v) is 14.0. The lowest BCUT2D eigenvalue weighted by Gasteiger charge is -2.28. The molecule has 3 rings (SSSR count). The van der Waals surface area contributed by atoms with Crippen molar-refractivity contribution in [1.29, 1.82) is 0 Å². The number of halogens is 1. The molecule has 1 aliphatic heterocycles. The molecule has 3 nitrogen and oxygen atoms in total. The third kappa shape index (κ3) is 3.60. The zero-order valence-electron chi connectivity index (χ0n) is 14.0. The van der Waals surface area contributed by atoms with Gasteiger partial charge < -0.3 is 14.5 Å². The van der Waals surface area contributed by atoms with Crippen LogP contribution in [0.4, 0.5) is 4.39 Å². The van der Waals surface area contributed by atoms with Crippen molar-refractivity contribution in [2.24, 2.45) is 0 Å². The number of hydrogen-bond donors (Lipinski definition) is 1. The fourth-order valence-electron chi connectivity index (χ4n) is 3.08. The first kappa shape index (κ1) is 16.5. The molecule has 0 bridgehead atoms. The van der Waals surface area contributed by atoms with E-state index in [4.69, 9.17) is 9.47 Å². The molecule has 0 radical (unpaired) electrons. The molecule has 4 heteroatoms. The Balaban J connectivity index is 2.12. The van der Waals surface area contributed by atoms with Gasteiger partial charge in [0, 0.05) is 12.6 Å². The summed E-state index contributed by atoms with van der Waals surface area (Å²) in [5, 5.41) is 0. The van der Waals surface area contributed by atoms with Crippen LogP contribution in [-0.4, -0.2) is 18.7 Å². The third-order valence-electron chi connectivity index (χ3n) is 4.30. The van der Waals surface area contributed by atoms with Gasteiger partial charge in [-0.3, -0.25) is 0 Å². The average Bonchev–Trinajstić information content (AvgIpc) is 2.72. The summed E-state index contributed by atoms with van der Waals surface area (Å²) in [5.74, 6) is 0.429. The summed E-state index contributed by atoms with van der Waals surface area (Å²) in [5.41, 5.74) is 4.24. The second-order valence-electron chi connectivity index (χ2n) is 5.91. The summed E-state index contributed by atoms with van der Waals surface area (Å²) in [6, 6.07) is 8.03. The number of ether oxygens (including phenoxy) is 2. The highest BCUT2D eigenvalue weighted by atomic mass is 19.1. The van der Waals surface area contributed by atoms with E-state index in [0.717, 1.165) is 17.7 Å². The number of aromatic nitrogens is 1. The van der Waals surface area contributed by atoms with E-state index >= 15 is 0 Å². The normalized spacial score (nSPS) is 20.0. The van der Waals surface area contributed by atoms with Crippen molar-refractivity contribution in [3.8, 4) is 0 Å². The molecule has 24 heavy (non-hydrogen) atoms. The quantitative estimate of drug-likeness (QED) is 0.848. The van der Waals surface area contributed by atoms with E-state index in [-0.39, 0.29) is 18.4 Å². The molecule has 1 N–H and O–H groups in total. The molecule has 1 aromatic heterocycles. The number of allylic oxidation sites excluding steroid dienone is 4. The number of hydrogen-bond acceptors (Lipinski definition) is 2. The van der Waals surface area contributed by atoms with Crippen molar-refractivity contribution in [2.75, 3.05) is 13.7 Å². The highest BCUT2D eigenvalue weighted by Crippen LogP contribution is 2.36. The molecule has 0 saturated heterocycles. The van der Waals surface area contributed by atoms with E-state index in [2.05, 4.69) is 18.0 Å². The largest absolute Gasteiger partial charge is 0.497 e. The van der Waals surface area contributed by atoms with Crippen molar-refractivity contribution in [2.45, 2.75) is 25.9 Å². The van der Waals surface area contributed by atoms with Crippen LogP contribution in [0.5, 0.6) is 0 Å². The molecule has 0 saturated carbocycles. The number of aromatic amines is 1. The fourth-order valence-corrected chi connectivity index (χ4v) is 3.08. The van der Waals surface area contributed by atoms with E-state index in [1.807, 2.05) is 30.5 Å². The predicted molar refractivity (Wildman–Crippen MR) is 92.5 cm³/mol. The zero-order chi connectivity index (χ0) is 16.9. The SMILES string of the molecule is COC1=CC=C(F)CC(C2OCCc3c(C)ccccc[nH]c32)=C1. The van der Waals surface area contributed by atoms with Gasteiger partial charge in [0.1, 0.15) is 17.7 Å². The number of fused-ring (bicyclic) bond motifs is 1. The van der Waals surface area contributed by atoms with Crippen molar-refractivity contribution in [1.82, 2.24) is 4.98 Å². The molecule has 2 aliphatic rings. The van der Waals surface area contributed by atoms with Crippen LogP contribution in [0.25, 0.3) is 0 Å². The van der Waals surface area contributed by atoms with E-state index in [0.29, 0.717) is 12.4 Å². The molecule has 126 valence electrons. The van der Waals surface area contributed by atoms with Crippen molar-refractivity contribution in [3.63, 3.8) is 0 Å². The minimum atomic E-state index is -0.310. The molecule has 1 unspecified atom stereocenters. The Kier molecular flexibility index (Phi) is 5.16. The molecular formula is C20H22FNO2. The molecule has 0 fully saturated rings. The van der Waals surface area contributed by atoms with Gasteiger partial charge in [-0.2, -0.15) is 0 Å². The number of methoxy groups -OCH3 is 1. The Bertz CT molecular complexity index is 757. The summed E-state index contributed by atoms with van der Waals surface area (Å²) in [6.07, 6.45) is 7.60. The Morgan fingerprint density at radius 2 is 2.12 bits per heavy atom. The third-order valence-corrected chi connectivity index (χ3v) is 4.30. The van der Waals surface area contributed by atoms with Gasteiger partial charge in [-0.25, -0.2) is 4.39 Å². The molecule has 1 aromatic rings. The Hall–Kier alpha value is -2.33. The van der Waals surface area contributed by atoms with Crippen LogP contribution < -0.4 is 0 Å². The van der Waals surface area contributed by atoms with Gasteiger partial charge in [-0.15, -0.1) is 0 Å². The van der Waals surface area contributed by atoms with Crippen molar-refractivity contribution >= 4 is 0 Å². The Labute approximate surface area is 141 Å². The van der Waals surface area contributed by atoms with Gasteiger partial charge in [0.2, 0.25) is 0 Å². The van der Waals surface area contributed by atoms with Crippen LogP contribution in [0, 0.1) is 6.92 Å². The van der Waals surface area contributed by atoms with Crippen LogP contribution >= 0.6 is 0 Å². The van der Waals surface area contributed by atoms with Crippen LogP contribution in [0.3, 0.4) is 0 Å². The van der Waals surface area contributed by atoms with Gasteiger partial charge in [-0.05, 0) is 54.3 Å². The monoisotopic (exact) mass is 327 g/mol. The molecule has 1 atom stereocenters. The summed E-state index contributed by atoms with van der Waals surface area (Å²) in [6.45, 7) is 2.70. The lowest BCUT2D eigenvalue weighted by molar-refractivity contribution is 0.0614. The number of H-pyrrole nitrogens is 1. The Morgan fingerprint density at radius 3 is 2.96 bits per heavy atom. The summed E-state index contributed by atoms with van der Waals surface area (Å²) < 4.78 is 25.4. The van der Waals surface area contributed by atoms with Gasteiger partial charge >= 0.3 is 0 Å². The molecule has 0 spiro atoms. The van der Waals surface area contributed by atoms with E-state index in [9.17, 15) is 4.39 Å². The second-order valence-corrected chi connectivity index (χ2v) is 5.91. The number of aryl methyl sites for hydroxylation is 1.